The summed E-state index contributed by atoms with van der Waals surface area (Å²) in [6.07, 6.45) is 5.78. The van der Waals surface area contributed by atoms with Gasteiger partial charge in [0.15, 0.2) is 0 Å². The van der Waals surface area contributed by atoms with Crippen LogP contribution in [0.2, 0.25) is 0 Å². The highest BCUT2D eigenvalue weighted by Gasteiger charge is 2.18. The Morgan fingerprint density at radius 1 is 1.50 bits per heavy atom. The maximum atomic E-state index is 11.6. The maximum absolute atomic E-state index is 11.6. The summed E-state index contributed by atoms with van der Waals surface area (Å²) in [5.74, 6) is 0.119. The first kappa shape index (κ1) is 12.8. The number of amidine groups is 1. The van der Waals surface area contributed by atoms with E-state index in [4.69, 9.17) is 11.1 Å². The third-order valence-electron chi connectivity index (χ3n) is 2.98. The average Bonchev–Trinajstić information content (AvgIpc) is 2.68. The molecule has 0 aromatic carbocycles. The molecule has 5 heteroatoms. The van der Waals surface area contributed by atoms with E-state index in [1.807, 2.05) is 6.92 Å². The second-order valence-corrected chi connectivity index (χ2v) is 4.43. The third kappa shape index (κ3) is 4.51. The Kier molecular flexibility index (Phi) is 5.08. The van der Waals surface area contributed by atoms with E-state index in [2.05, 4.69) is 10.6 Å². The van der Waals surface area contributed by atoms with Crippen molar-refractivity contribution in [3.8, 4) is 0 Å². The molecule has 1 aliphatic carbocycles. The topological polar surface area (TPSA) is 91.0 Å². The van der Waals surface area contributed by atoms with Crippen LogP contribution in [0.15, 0.2) is 0 Å². The fourth-order valence-electron chi connectivity index (χ4n) is 2.05. The van der Waals surface area contributed by atoms with Crippen molar-refractivity contribution in [3.05, 3.63) is 0 Å². The van der Waals surface area contributed by atoms with Gasteiger partial charge in [-0.3, -0.25) is 5.41 Å². The second kappa shape index (κ2) is 6.35. The minimum atomic E-state index is -0.125. The molecule has 92 valence electrons. The van der Waals surface area contributed by atoms with E-state index in [1.165, 1.54) is 12.8 Å². The number of urea groups is 1. The van der Waals surface area contributed by atoms with E-state index in [9.17, 15) is 4.79 Å². The molecule has 1 rings (SSSR count). The largest absolute Gasteiger partial charge is 0.388 e. The highest BCUT2D eigenvalue weighted by molar-refractivity contribution is 5.79. The van der Waals surface area contributed by atoms with Crippen LogP contribution < -0.4 is 16.4 Å². The van der Waals surface area contributed by atoms with Crippen molar-refractivity contribution in [2.75, 3.05) is 0 Å². The van der Waals surface area contributed by atoms with Crippen molar-refractivity contribution in [2.45, 2.75) is 57.5 Å². The summed E-state index contributed by atoms with van der Waals surface area (Å²) in [4.78, 5) is 11.6. The molecule has 1 atom stereocenters. The minimum absolute atomic E-state index is 0.0288. The molecule has 0 radical (unpaired) electrons. The first-order valence-corrected chi connectivity index (χ1v) is 6.01. The number of nitrogens with one attached hydrogen (secondary N) is 3. The summed E-state index contributed by atoms with van der Waals surface area (Å²) >= 11 is 0. The summed E-state index contributed by atoms with van der Waals surface area (Å²) in [6.45, 7) is 1.98. The van der Waals surface area contributed by atoms with Crippen molar-refractivity contribution in [3.63, 3.8) is 0 Å². The summed E-state index contributed by atoms with van der Waals surface area (Å²) < 4.78 is 0. The Morgan fingerprint density at radius 2 is 2.12 bits per heavy atom. The van der Waals surface area contributed by atoms with Crippen LogP contribution >= 0.6 is 0 Å². The average molecular weight is 226 g/mol. The SMILES string of the molecule is CCC(CC(=N)N)NC(=O)NC1CCCC1. The van der Waals surface area contributed by atoms with Gasteiger partial charge in [0.05, 0.1) is 5.84 Å². The van der Waals surface area contributed by atoms with Crippen LogP contribution in [0, 0.1) is 5.41 Å². The van der Waals surface area contributed by atoms with E-state index >= 15 is 0 Å². The van der Waals surface area contributed by atoms with Crippen LogP contribution in [-0.4, -0.2) is 24.0 Å². The van der Waals surface area contributed by atoms with E-state index in [-0.39, 0.29) is 17.9 Å². The minimum Gasteiger partial charge on any atom is -0.388 e. The van der Waals surface area contributed by atoms with Crippen LogP contribution in [0.1, 0.15) is 45.4 Å². The van der Waals surface area contributed by atoms with Crippen molar-refractivity contribution < 1.29 is 4.79 Å². The van der Waals surface area contributed by atoms with E-state index in [0.29, 0.717) is 12.5 Å². The molecule has 0 bridgehead atoms. The van der Waals surface area contributed by atoms with Crippen molar-refractivity contribution in [1.29, 1.82) is 5.41 Å². The molecule has 0 aromatic rings. The van der Waals surface area contributed by atoms with Crippen LogP contribution in [-0.2, 0) is 0 Å². The van der Waals surface area contributed by atoms with Crippen molar-refractivity contribution >= 4 is 11.9 Å². The second-order valence-electron chi connectivity index (χ2n) is 4.43. The molecular formula is C11H22N4O. The van der Waals surface area contributed by atoms with Gasteiger partial charge < -0.3 is 16.4 Å². The van der Waals surface area contributed by atoms with Crippen LogP contribution in [0.4, 0.5) is 4.79 Å². The van der Waals surface area contributed by atoms with Gasteiger partial charge in [-0.25, -0.2) is 4.79 Å². The van der Waals surface area contributed by atoms with Crippen molar-refractivity contribution in [2.24, 2.45) is 5.73 Å². The van der Waals surface area contributed by atoms with Crippen LogP contribution in [0.5, 0.6) is 0 Å². The molecular weight excluding hydrogens is 204 g/mol. The Balaban J connectivity index is 2.27. The van der Waals surface area contributed by atoms with Gasteiger partial charge in [-0.1, -0.05) is 19.8 Å². The van der Waals surface area contributed by atoms with E-state index in [1.54, 1.807) is 0 Å². The predicted octanol–water partition coefficient (Wildman–Crippen LogP) is 1.33. The molecule has 0 aliphatic heterocycles. The molecule has 5 N–H and O–H groups in total. The standard InChI is InChI=1S/C11H22N4O/c1-2-8(7-10(12)13)14-11(16)15-9-5-3-4-6-9/h8-9H,2-7H2,1H3,(H3,12,13)(H2,14,15,16). The van der Waals surface area contributed by atoms with Gasteiger partial charge in [-0.2, -0.15) is 0 Å². The summed E-state index contributed by atoms with van der Waals surface area (Å²) in [5.41, 5.74) is 5.32. The van der Waals surface area contributed by atoms with Crippen LogP contribution in [0.25, 0.3) is 0 Å². The number of nitrogens with two attached hydrogens (primary N) is 1. The number of hydrogen-bond acceptors (Lipinski definition) is 2. The lowest BCUT2D eigenvalue weighted by Gasteiger charge is -2.19. The molecule has 5 nitrogen and oxygen atoms in total. The lowest BCUT2D eigenvalue weighted by atomic mass is 10.1. The lowest BCUT2D eigenvalue weighted by Crippen LogP contribution is -2.46. The third-order valence-corrected chi connectivity index (χ3v) is 2.98. The highest BCUT2D eigenvalue weighted by Crippen LogP contribution is 2.17. The summed E-state index contributed by atoms with van der Waals surface area (Å²) in [7, 11) is 0. The normalized spacial score (nSPS) is 18.1. The Hall–Kier alpha value is -1.26. The maximum Gasteiger partial charge on any atom is 0.315 e. The monoisotopic (exact) mass is 226 g/mol. The number of hydrogen-bond donors (Lipinski definition) is 4. The fourth-order valence-corrected chi connectivity index (χ4v) is 2.05. The van der Waals surface area contributed by atoms with Gasteiger partial charge in [-0.05, 0) is 19.3 Å². The Bertz CT molecular complexity index is 248. The summed E-state index contributed by atoms with van der Waals surface area (Å²) in [6, 6.07) is 0.175. The fraction of sp³-hybridized carbons (Fsp3) is 0.818. The van der Waals surface area contributed by atoms with Gasteiger partial charge in [0.2, 0.25) is 0 Å². The quantitative estimate of drug-likeness (QED) is 0.421. The smallest absolute Gasteiger partial charge is 0.315 e. The molecule has 0 saturated heterocycles. The molecule has 1 unspecified atom stereocenters. The molecule has 0 spiro atoms. The number of carbonyl (C=O) groups excluding carboxylic acids is 1. The highest BCUT2D eigenvalue weighted by atomic mass is 16.2. The van der Waals surface area contributed by atoms with Gasteiger partial charge >= 0.3 is 6.03 Å². The van der Waals surface area contributed by atoms with Gasteiger partial charge in [-0.15, -0.1) is 0 Å². The molecule has 1 fully saturated rings. The van der Waals surface area contributed by atoms with Gasteiger partial charge in [0.25, 0.3) is 0 Å². The molecule has 0 aromatic heterocycles. The zero-order valence-corrected chi connectivity index (χ0v) is 9.88. The molecule has 0 heterocycles. The first-order valence-electron chi connectivity index (χ1n) is 6.01. The molecule has 1 saturated carbocycles. The predicted molar refractivity (Wildman–Crippen MR) is 64.5 cm³/mol. The van der Waals surface area contributed by atoms with Crippen LogP contribution in [0.3, 0.4) is 0 Å². The Morgan fingerprint density at radius 3 is 2.62 bits per heavy atom. The van der Waals surface area contributed by atoms with Gasteiger partial charge in [0, 0.05) is 18.5 Å². The number of rotatable bonds is 5. The van der Waals surface area contributed by atoms with Crippen molar-refractivity contribution in [1.82, 2.24) is 10.6 Å². The number of carbonyl (C=O) groups is 1. The molecule has 2 amide bonds. The van der Waals surface area contributed by atoms with E-state index in [0.717, 1.165) is 19.3 Å². The first-order chi connectivity index (χ1) is 7.61. The molecule has 16 heavy (non-hydrogen) atoms. The Labute approximate surface area is 96.7 Å². The number of amides is 2. The van der Waals surface area contributed by atoms with Gasteiger partial charge in [0.1, 0.15) is 0 Å². The summed E-state index contributed by atoms with van der Waals surface area (Å²) in [5, 5.41) is 13.0. The molecule has 1 aliphatic rings. The zero-order chi connectivity index (χ0) is 12.0. The zero-order valence-electron chi connectivity index (χ0n) is 9.88. The lowest BCUT2D eigenvalue weighted by molar-refractivity contribution is 0.233. The van der Waals surface area contributed by atoms with E-state index < -0.39 is 0 Å².